The molecule has 1 saturated carbocycles. The molecule has 0 radical (unpaired) electrons. The molecule has 4 nitrogen and oxygen atoms in total. The number of amides is 1. The lowest BCUT2D eigenvalue weighted by Gasteiger charge is -2.33. The van der Waals surface area contributed by atoms with Gasteiger partial charge in [-0.05, 0) is 37.6 Å². The lowest BCUT2D eigenvalue weighted by molar-refractivity contribution is -0.138. The molecule has 0 aromatic carbocycles. The Morgan fingerprint density at radius 2 is 2.16 bits per heavy atom. The number of rotatable bonds is 7. The second-order valence-corrected chi connectivity index (χ2v) is 6.14. The fraction of sp³-hybridized carbons (Fsp3) is 0.933. The third-order valence-corrected chi connectivity index (χ3v) is 3.93. The van der Waals surface area contributed by atoms with Crippen molar-refractivity contribution in [3.05, 3.63) is 0 Å². The molecule has 19 heavy (non-hydrogen) atoms. The smallest absolute Gasteiger partial charge is 0.225 e. The predicted molar refractivity (Wildman–Crippen MR) is 77.8 cm³/mol. The van der Waals surface area contributed by atoms with Gasteiger partial charge in [-0.3, -0.25) is 4.79 Å². The van der Waals surface area contributed by atoms with Crippen molar-refractivity contribution in [2.24, 2.45) is 23.5 Å². The van der Waals surface area contributed by atoms with E-state index >= 15 is 0 Å². The van der Waals surface area contributed by atoms with Crippen molar-refractivity contribution in [3.8, 4) is 0 Å². The van der Waals surface area contributed by atoms with Crippen LogP contribution in [0.2, 0.25) is 0 Å². The molecule has 4 heteroatoms. The summed E-state index contributed by atoms with van der Waals surface area (Å²) in [5, 5.41) is 0. The Balaban J connectivity index is 2.58. The molecule has 0 aromatic rings. The molecule has 2 unspecified atom stereocenters. The first-order valence-electron chi connectivity index (χ1n) is 7.56. The Morgan fingerprint density at radius 3 is 2.74 bits per heavy atom. The van der Waals surface area contributed by atoms with Crippen LogP contribution in [0.5, 0.6) is 0 Å². The zero-order valence-corrected chi connectivity index (χ0v) is 12.7. The highest BCUT2D eigenvalue weighted by molar-refractivity contribution is 5.79. The Labute approximate surface area is 117 Å². The molecule has 0 spiro atoms. The molecule has 1 aliphatic rings. The third-order valence-electron chi connectivity index (χ3n) is 3.93. The van der Waals surface area contributed by atoms with Crippen molar-refractivity contribution >= 4 is 5.91 Å². The number of carbonyl (C=O) groups excluding carboxylic acids is 1. The zero-order valence-electron chi connectivity index (χ0n) is 12.7. The van der Waals surface area contributed by atoms with E-state index in [9.17, 15) is 4.79 Å². The summed E-state index contributed by atoms with van der Waals surface area (Å²) in [6.45, 7) is 7.16. The highest BCUT2D eigenvalue weighted by atomic mass is 16.5. The average Bonchev–Trinajstić information content (AvgIpc) is 2.42. The number of methoxy groups -OCH3 is 1. The van der Waals surface area contributed by atoms with E-state index in [-0.39, 0.29) is 5.92 Å². The minimum absolute atomic E-state index is 0.179. The Hall–Kier alpha value is -0.610. The molecule has 0 saturated heterocycles. The largest absolute Gasteiger partial charge is 0.383 e. The van der Waals surface area contributed by atoms with Crippen LogP contribution in [0.25, 0.3) is 0 Å². The van der Waals surface area contributed by atoms with E-state index in [2.05, 4.69) is 13.8 Å². The van der Waals surface area contributed by atoms with Crippen LogP contribution in [-0.4, -0.2) is 44.2 Å². The first kappa shape index (κ1) is 16.4. The maximum Gasteiger partial charge on any atom is 0.225 e. The fourth-order valence-electron chi connectivity index (χ4n) is 2.92. The molecule has 0 bridgehead atoms. The molecule has 112 valence electrons. The van der Waals surface area contributed by atoms with Crippen LogP contribution in [0, 0.1) is 17.8 Å². The van der Waals surface area contributed by atoms with Crippen LogP contribution in [0.4, 0.5) is 0 Å². The van der Waals surface area contributed by atoms with E-state index in [0.717, 1.165) is 25.8 Å². The first-order valence-corrected chi connectivity index (χ1v) is 7.56. The number of nitrogens with zero attached hydrogens (tertiary/aromatic N) is 1. The molecule has 1 amide bonds. The van der Waals surface area contributed by atoms with Gasteiger partial charge in [0.15, 0.2) is 0 Å². The molecule has 2 N–H and O–H groups in total. The topological polar surface area (TPSA) is 55.6 Å². The minimum Gasteiger partial charge on any atom is -0.383 e. The van der Waals surface area contributed by atoms with Crippen molar-refractivity contribution < 1.29 is 9.53 Å². The monoisotopic (exact) mass is 270 g/mol. The number of nitrogens with two attached hydrogens (primary N) is 1. The fourth-order valence-corrected chi connectivity index (χ4v) is 2.92. The van der Waals surface area contributed by atoms with Crippen molar-refractivity contribution in [1.29, 1.82) is 0 Å². The van der Waals surface area contributed by atoms with E-state index in [1.807, 2.05) is 4.90 Å². The predicted octanol–water partition coefficient (Wildman–Crippen LogP) is 1.88. The standard InChI is InChI=1S/C15H30N2O2/c1-12(2)11-17(7-8-19-3)15(18)14-6-4-5-13(9-14)10-16/h12-14H,4-11,16H2,1-3H3. The first-order chi connectivity index (χ1) is 9.08. The minimum atomic E-state index is 0.179. The maximum atomic E-state index is 12.6. The van der Waals surface area contributed by atoms with E-state index in [0.29, 0.717) is 37.4 Å². The maximum absolute atomic E-state index is 12.6. The molecule has 1 rings (SSSR count). The van der Waals surface area contributed by atoms with Crippen molar-refractivity contribution in [2.45, 2.75) is 39.5 Å². The average molecular weight is 270 g/mol. The van der Waals surface area contributed by atoms with Gasteiger partial charge in [0.05, 0.1) is 6.61 Å². The summed E-state index contributed by atoms with van der Waals surface area (Å²) < 4.78 is 5.12. The summed E-state index contributed by atoms with van der Waals surface area (Å²) in [5.41, 5.74) is 5.76. The summed E-state index contributed by atoms with van der Waals surface area (Å²) in [4.78, 5) is 14.6. The van der Waals surface area contributed by atoms with Crippen molar-refractivity contribution in [1.82, 2.24) is 4.90 Å². The van der Waals surface area contributed by atoms with E-state index in [1.54, 1.807) is 7.11 Å². The van der Waals surface area contributed by atoms with Crippen LogP contribution >= 0.6 is 0 Å². The molecule has 0 heterocycles. The van der Waals surface area contributed by atoms with Crippen molar-refractivity contribution in [2.75, 3.05) is 33.4 Å². The zero-order chi connectivity index (χ0) is 14.3. The van der Waals surface area contributed by atoms with Gasteiger partial charge in [0.1, 0.15) is 0 Å². The normalized spacial score (nSPS) is 23.6. The number of ether oxygens (including phenoxy) is 1. The van der Waals surface area contributed by atoms with E-state index in [4.69, 9.17) is 10.5 Å². The van der Waals surface area contributed by atoms with Crippen LogP contribution in [0.15, 0.2) is 0 Å². The quantitative estimate of drug-likeness (QED) is 0.768. The number of carbonyl (C=O) groups is 1. The van der Waals surface area contributed by atoms with Crippen LogP contribution in [0.1, 0.15) is 39.5 Å². The Kier molecular flexibility index (Phi) is 7.39. The molecule has 1 fully saturated rings. The molecule has 0 aliphatic heterocycles. The van der Waals surface area contributed by atoms with Gasteiger partial charge >= 0.3 is 0 Å². The summed E-state index contributed by atoms with van der Waals surface area (Å²) in [6, 6.07) is 0. The molecule has 2 atom stereocenters. The lowest BCUT2D eigenvalue weighted by Crippen LogP contribution is -2.42. The summed E-state index contributed by atoms with van der Waals surface area (Å²) in [6.07, 6.45) is 4.31. The van der Waals surface area contributed by atoms with Crippen LogP contribution < -0.4 is 5.73 Å². The number of hydrogen-bond donors (Lipinski definition) is 1. The number of hydrogen-bond acceptors (Lipinski definition) is 3. The second-order valence-electron chi connectivity index (χ2n) is 6.14. The molecule has 0 aromatic heterocycles. The van der Waals surface area contributed by atoms with Gasteiger partial charge in [0.2, 0.25) is 5.91 Å². The molecule has 1 aliphatic carbocycles. The van der Waals surface area contributed by atoms with E-state index < -0.39 is 0 Å². The van der Waals surface area contributed by atoms with Gasteiger partial charge in [-0.15, -0.1) is 0 Å². The Morgan fingerprint density at radius 1 is 1.42 bits per heavy atom. The van der Waals surface area contributed by atoms with Crippen LogP contribution in [-0.2, 0) is 9.53 Å². The van der Waals surface area contributed by atoms with E-state index in [1.165, 1.54) is 6.42 Å². The third kappa shape index (κ3) is 5.49. The van der Waals surface area contributed by atoms with Gasteiger partial charge in [-0.1, -0.05) is 20.3 Å². The highest BCUT2D eigenvalue weighted by Crippen LogP contribution is 2.29. The van der Waals surface area contributed by atoms with Gasteiger partial charge in [-0.25, -0.2) is 0 Å². The van der Waals surface area contributed by atoms with Crippen LogP contribution in [0.3, 0.4) is 0 Å². The summed E-state index contributed by atoms with van der Waals surface area (Å²) in [7, 11) is 1.68. The molecular formula is C15H30N2O2. The van der Waals surface area contributed by atoms with Gasteiger partial charge in [-0.2, -0.15) is 0 Å². The Bertz CT molecular complexity index is 269. The van der Waals surface area contributed by atoms with Gasteiger partial charge < -0.3 is 15.4 Å². The van der Waals surface area contributed by atoms with Crippen molar-refractivity contribution in [3.63, 3.8) is 0 Å². The second kappa shape index (κ2) is 8.54. The van der Waals surface area contributed by atoms with Gasteiger partial charge in [0, 0.05) is 26.1 Å². The SMILES string of the molecule is COCCN(CC(C)C)C(=O)C1CCCC(CN)C1. The lowest BCUT2D eigenvalue weighted by atomic mass is 9.80. The summed E-state index contributed by atoms with van der Waals surface area (Å²) in [5.74, 6) is 1.52. The highest BCUT2D eigenvalue weighted by Gasteiger charge is 2.29. The summed E-state index contributed by atoms with van der Waals surface area (Å²) >= 11 is 0. The van der Waals surface area contributed by atoms with Gasteiger partial charge in [0.25, 0.3) is 0 Å². The molecular weight excluding hydrogens is 240 g/mol.